The molecule has 0 radical (unpaired) electrons. The average Bonchev–Trinajstić information content (AvgIpc) is 3.59. The van der Waals surface area contributed by atoms with Gasteiger partial charge < -0.3 is 32.3 Å². The van der Waals surface area contributed by atoms with Crippen molar-refractivity contribution in [1.82, 2.24) is 9.13 Å². The molecule has 0 fully saturated rings. The van der Waals surface area contributed by atoms with Crippen LogP contribution in [0.5, 0.6) is 23.0 Å². The summed E-state index contributed by atoms with van der Waals surface area (Å²) in [6.07, 6.45) is 0. The first-order chi connectivity index (χ1) is 25.4. The molecule has 0 unspecified atom stereocenters. The van der Waals surface area contributed by atoms with E-state index in [-0.39, 0.29) is 155 Å². The van der Waals surface area contributed by atoms with Gasteiger partial charge in [0.2, 0.25) is 0 Å². The second-order valence-electron chi connectivity index (χ2n) is 12.4. The molecule has 5 aromatic carbocycles. The molecule has 4 heterocycles. The molecular formula is C34H19Cl2N4Na3O11S3. The largest absolute Gasteiger partial charge is 1.00 e. The van der Waals surface area contributed by atoms with Gasteiger partial charge in [-0.15, -0.1) is 0 Å². The van der Waals surface area contributed by atoms with Gasteiger partial charge in [-0.1, -0.05) is 41.4 Å². The van der Waals surface area contributed by atoms with Gasteiger partial charge in [-0.05, 0) is 38.1 Å². The summed E-state index contributed by atoms with van der Waals surface area (Å²) >= 11 is 13.8. The Labute approximate surface area is 399 Å². The number of para-hydroxylation sites is 1. The van der Waals surface area contributed by atoms with Crippen LogP contribution in [0.15, 0.2) is 79.3 Å². The normalized spacial score (nSPS) is 13.2. The van der Waals surface area contributed by atoms with Crippen molar-refractivity contribution in [3.63, 3.8) is 0 Å². The minimum Gasteiger partial charge on any atom is -0.744 e. The number of fused-ring (bicyclic) bond motifs is 10. The number of rotatable bonds is 5. The first-order valence-electron chi connectivity index (χ1n) is 15.9. The topological polar surface area (TPSA) is 225 Å². The molecule has 0 saturated heterocycles. The van der Waals surface area contributed by atoms with E-state index in [1.165, 1.54) is 16.7 Å². The minimum atomic E-state index is -6.03. The first kappa shape index (κ1) is 44.8. The van der Waals surface area contributed by atoms with Crippen LogP contribution in [0.1, 0.15) is 13.8 Å². The van der Waals surface area contributed by atoms with E-state index in [0.29, 0.717) is 24.0 Å². The minimum absolute atomic E-state index is 0. The van der Waals surface area contributed by atoms with Crippen molar-refractivity contribution in [1.29, 1.82) is 0 Å². The van der Waals surface area contributed by atoms with E-state index < -0.39 is 50.4 Å². The summed E-state index contributed by atoms with van der Waals surface area (Å²) in [6.45, 7) is 4.27. The molecule has 0 spiro atoms. The van der Waals surface area contributed by atoms with E-state index in [9.17, 15) is 38.9 Å². The molecule has 0 aliphatic carbocycles. The predicted molar refractivity (Wildman–Crippen MR) is 192 cm³/mol. The monoisotopic (exact) mass is 894 g/mol. The number of benzene rings is 5. The standard InChI is InChI=1S/C34H22Cl2N4O11S3.3Na/c1-3-39-19-8-6-5-7-14(19)15-9-17-23(11-20(15)39)50-31-28(36)30-32(27(35)29(31)37-17)51-24-12-21-16(10-18(24)38-30)26-22(40(21)4-2)13-25(52(41,42)43)33(53(44,45)46)34(26)54(47,48)49;;;/h5-13H,3-4H2,1-2H3,(H,41,42,43)(H,44,45,46)(H,47,48,49);;;/q;3*+1/p-3. The molecule has 0 atom stereocenters. The van der Waals surface area contributed by atoms with Crippen molar-refractivity contribution in [2.75, 3.05) is 0 Å². The van der Waals surface area contributed by atoms with Crippen LogP contribution < -0.4 is 109 Å². The van der Waals surface area contributed by atoms with Gasteiger partial charge in [0.25, 0.3) is 0 Å². The van der Waals surface area contributed by atoms with Crippen molar-refractivity contribution >= 4 is 109 Å². The number of hydrogen-bond donors (Lipinski definition) is 0. The fourth-order valence-corrected chi connectivity index (χ4v) is 11.2. The Kier molecular flexibility index (Phi) is 12.0. The fourth-order valence-electron chi connectivity index (χ4n) is 7.40. The first-order valence-corrected chi connectivity index (χ1v) is 20.8. The number of nitrogens with zero attached hydrogens (tertiary/aromatic N) is 4. The summed E-state index contributed by atoms with van der Waals surface area (Å²) in [6, 6.07) is 14.9. The number of hydrogen-bond acceptors (Lipinski definition) is 13. The maximum atomic E-state index is 12.7. The molecule has 2 aromatic heterocycles. The number of aromatic nitrogens is 2. The molecule has 9 rings (SSSR count). The SMILES string of the molecule is CCn1c2ccccc2c2cc3c(cc21)Oc1c(Cl)c2c(c(Cl)c1=N3)Oc1cc3c(cc1N=2)c1c(S(=O)(=O)[O-])c(S(=O)(=O)[O-])c(S(=O)(=O)[O-])cc1n3CC.[Na+].[Na+].[Na+]. The third-order valence-electron chi connectivity index (χ3n) is 9.50. The average molecular weight is 896 g/mol. The Balaban J connectivity index is 0.00000183. The van der Waals surface area contributed by atoms with Gasteiger partial charge in [-0.2, -0.15) is 0 Å². The van der Waals surface area contributed by atoms with Crippen LogP contribution >= 0.6 is 23.2 Å². The van der Waals surface area contributed by atoms with Crippen molar-refractivity contribution in [3.8, 4) is 23.0 Å². The fraction of sp³-hybridized carbons (Fsp3) is 0.118. The second-order valence-corrected chi connectivity index (χ2v) is 17.1. The third kappa shape index (κ3) is 6.82. The Bertz CT molecular complexity index is 3430. The molecule has 15 nitrogen and oxygen atoms in total. The molecule has 23 heteroatoms. The Morgan fingerprint density at radius 3 is 1.56 bits per heavy atom. The van der Waals surface area contributed by atoms with Crippen LogP contribution in [-0.4, -0.2) is 48.0 Å². The molecule has 2 aliphatic heterocycles. The molecular weight excluding hydrogens is 876 g/mol. The number of aryl methyl sites for hydroxylation is 2. The van der Waals surface area contributed by atoms with Gasteiger partial charge in [0, 0.05) is 52.3 Å². The Hall–Kier alpha value is -1.79. The van der Waals surface area contributed by atoms with Crippen molar-refractivity contribution in [2.45, 2.75) is 41.6 Å². The molecule has 0 saturated carbocycles. The molecule has 0 amide bonds. The van der Waals surface area contributed by atoms with Gasteiger partial charge in [-0.25, -0.2) is 35.2 Å². The zero-order chi connectivity index (χ0) is 38.4. The van der Waals surface area contributed by atoms with Crippen LogP contribution in [0.3, 0.4) is 0 Å². The van der Waals surface area contributed by atoms with E-state index in [4.69, 9.17) is 37.7 Å². The summed E-state index contributed by atoms with van der Waals surface area (Å²) < 4.78 is 128. The smallest absolute Gasteiger partial charge is 0.744 e. The third-order valence-corrected chi connectivity index (χ3v) is 13.1. The Morgan fingerprint density at radius 2 is 1.07 bits per heavy atom. The van der Waals surface area contributed by atoms with Gasteiger partial charge in [0.1, 0.15) is 62.5 Å². The number of halogens is 2. The van der Waals surface area contributed by atoms with Crippen molar-refractivity contribution < 1.29 is 137 Å². The maximum Gasteiger partial charge on any atom is 1.00 e. The molecule has 57 heavy (non-hydrogen) atoms. The summed E-state index contributed by atoms with van der Waals surface area (Å²) in [5, 5.41) is 1.33. The van der Waals surface area contributed by atoms with E-state index in [2.05, 4.69) is 9.56 Å². The van der Waals surface area contributed by atoms with Gasteiger partial charge >= 0.3 is 88.7 Å². The molecule has 276 valence electrons. The Morgan fingerprint density at radius 1 is 0.596 bits per heavy atom. The van der Waals surface area contributed by atoms with Crippen LogP contribution in [0, 0.1) is 0 Å². The molecule has 2 aliphatic rings. The number of ether oxygens (including phenoxy) is 2. The van der Waals surface area contributed by atoms with Crippen LogP contribution in [-0.2, 0) is 43.4 Å². The van der Waals surface area contributed by atoms with E-state index in [0.717, 1.165) is 21.8 Å². The summed E-state index contributed by atoms with van der Waals surface area (Å²) in [4.78, 5) is 4.10. The van der Waals surface area contributed by atoms with E-state index in [1.807, 2.05) is 43.3 Å². The quantitative estimate of drug-likeness (QED) is 0.126. The van der Waals surface area contributed by atoms with Gasteiger partial charge in [0.15, 0.2) is 23.0 Å². The van der Waals surface area contributed by atoms with Crippen LogP contribution in [0.25, 0.3) is 43.6 Å². The molecule has 7 aromatic rings. The van der Waals surface area contributed by atoms with Crippen LogP contribution in [0.2, 0.25) is 10.0 Å². The van der Waals surface area contributed by atoms with E-state index >= 15 is 0 Å². The zero-order valence-corrected chi connectivity index (χ0v) is 40.3. The van der Waals surface area contributed by atoms with Crippen molar-refractivity contribution in [3.05, 3.63) is 75.4 Å². The van der Waals surface area contributed by atoms with Gasteiger partial charge in [-0.3, -0.25) is 0 Å². The molecule has 0 N–H and O–H groups in total. The van der Waals surface area contributed by atoms with Crippen molar-refractivity contribution in [2.24, 2.45) is 9.98 Å². The predicted octanol–water partition coefficient (Wildman–Crippen LogP) is -2.91. The summed E-state index contributed by atoms with van der Waals surface area (Å²) in [7, 11) is -17.8. The van der Waals surface area contributed by atoms with E-state index in [1.54, 1.807) is 6.92 Å². The van der Waals surface area contributed by atoms with Gasteiger partial charge in [0.05, 0.1) is 31.2 Å². The van der Waals surface area contributed by atoms with Crippen LogP contribution in [0.4, 0.5) is 11.4 Å². The zero-order valence-electron chi connectivity index (χ0n) is 30.4. The summed E-state index contributed by atoms with van der Waals surface area (Å²) in [5.41, 5.74) is 2.17. The second kappa shape index (κ2) is 15.3. The maximum absolute atomic E-state index is 12.7. The summed E-state index contributed by atoms with van der Waals surface area (Å²) in [5.74, 6) is 0.499. The molecule has 0 bridgehead atoms.